The van der Waals surface area contributed by atoms with Gasteiger partial charge in [0.25, 0.3) is 10.0 Å². The molecular formula is C59H50B2Cl2N6O11S4. The van der Waals surface area contributed by atoms with Gasteiger partial charge in [0.2, 0.25) is 0 Å². The number of fused-ring (bicyclic) bond motifs is 2. The zero-order chi connectivity index (χ0) is 59.6. The van der Waals surface area contributed by atoms with E-state index < -0.39 is 19.9 Å². The fraction of sp³-hybridized carbons (Fsp3) is 0.102. The summed E-state index contributed by atoms with van der Waals surface area (Å²) >= 11 is 14.4. The molecule has 6 aromatic carbocycles. The van der Waals surface area contributed by atoms with Crippen molar-refractivity contribution >= 4 is 108 Å². The van der Waals surface area contributed by atoms with Crippen molar-refractivity contribution in [1.82, 2.24) is 24.9 Å². The van der Waals surface area contributed by atoms with Gasteiger partial charge in [0.15, 0.2) is 20.7 Å². The van der Waals surface area contributed by atoms with Gasteiger partial charge in [0.1, 0.15) is 33.2 Å². The quantitative estimate of drug-likeness (QED) is 0.0639. The highest BCUT2D eigenvalue weighted by molar-refractivity contribution is 7.93. The van der Waals surface area contributed by atoms with Gasteiger partial charge in [0, 0.05) is 80.9 Å². The topological polar surface area (TPSA) is 223 Å². The number of ether oxygens (including phenoxy) is 3. The zero-order valence-corrected chi connectivity index (χ0v) is 50.0. The average Bonchev–Trinajstić information content (AvgIpc) is 2.77. The third kappa shape index (κ3) is 15.7. The molecule has 0 aliphatic rings. The van der Waals surface area contributed by atoms with Gasteiger partial charge >= 0.3 is 15.4 Å². The van der Waals surface area contributed by atoms with Crippen LogP contribution in [0.2, 0.25) is 10.2 Å². The number of halogens is 2. The molecule has 84 heavy (non-hydrogen) atoms. The van der Waals surface area contributed by atoms with Crippen LogP contribution in [0.5, 0.6) is 28.7 Å². The van der Waals surface area contributed by atoms with E-state index in [9.17, 15) is 16.8 Å². The lowest BCUT2D eigenvalue weighted by molar-refractivity contribution is 0.381. The summed E-state index contributed by atoms with van der Waals surface area (Å²) in [5.41, 5.74) is 5.33. The van der Waals surface area contributed by atoms with Crippen LogP contribution < -0.4 is 27.8 Å². The van der Waals surface area contributed by atoms with Crippen LogP contribution in [0.4, 0.5) is 5.13 Å². The molecule has 0 aliphatic heterocycles. The highest BCUT2D eigenvalue weighted by Crippen LogP contribution is 2.38. The van der Waals surface area contributed by atoms with Crippen molar-refractivity contribution in [2.75, 3.05) is 25.6 Å². The summed E-state index contributed by atoms with van der Waals surface area (Å²) in [6.07, 6.45) is 9.98. The van der Waals surface area contributed by atoms with E-state index in [0.717, 1.165) is 50.0 Å². The van der Waals surface area contributed by atoms with Crippen LogP contribution in [0.15, 0.2) is 203 Å². The van der Waals surface area contributed by atoms with E-state index in [1.54, 1.807) is 135 Å². The van der Waals surface area contributed by atoms with E-state index in [0.29, 0.717) is 69.5 Å². The molecule has 5 aromatic heterocycles. The summed E-state index contributed by atoms with van der Waals surface area (Å²) in [6, 6.07) is 42.8. The van der Waals surface area contributed by atoms with Crippen LogP contribution in [-0.2, 0) is 32.2 Å². The van der Waals surface area contributed by atoms with Crippen LogP contribution in [0, 0.1) is 6.92 Å². The van der Waals surface area contributed by atoms with Gasteiger partial charge in [-0.2, -0.15) is 0 Å². The molecular weight excluding hydrogens is 1190 g/mol. The van der Waals surface area contributed by atoms with Crippen molar-refractivity contribution in [3.05, 3.63) is 220 Å². The Kier molecular flexibility index (Phi) is 21.7. The van der Waals surface area contributed by atoms with Crippen molar-refractivity contribution in [3.63, 3.8) is 0 Å². The molecule has 11 rings (SSSR count). The Morgan fingerprint density at radius 1 is 0.583 bits per heavy atom. The lowest BCUT2D eigenvalue weighted by atomic mass is 9.99. The molecule has 0 saturated carbocycles. The van der Waals surface area contributed by atoms with Crippen LogP contribution >= 0.6 is 45.9 Å². The Morgan fingerprint density at radius 2 is 1.30 bits per heavy atom. The molecule has 0 unspecified atom stereocenters. The first kappa shape index (κ1) is 61.9. The summed E-state index contributed by atoms with van der Waals surface area (Å²) in [5, 5.41) is 25.0. The number of para-hydroxylation sites is 1. The van der Waals surface area contributed by atoms with E-state index in [4.69, 9.17) is 52.1 Å². The Labute approximate surface area is 505 Å². The fourth-order valence-corrected chi connectivity index (χ4v) is 13.2. The molecule has 25 heteroatoms. The van der Waals surface area contributed by atoms with Gasteiger partial charge in [-0.25, -0.2) is 36.1 Å². The van der Waals surface area contributed by atoms with E-state index >= 15 is 0 Å². The van der Waals surface area contributed by atoms with Crippen LogP contribution in [0.25, 0.3) is 43.9 Å². The van der Waals surface area contributed by atoms with Gasteiger partial charge in [0.05, 0.1) is 49.1 Å². The first-order valence-corrected chi connectivity index (χ1v) is 30.6. The number of aromatic nitrogens is 5. The third-order valence-electron chi connectivity index (χ3n) is 12.4. The second kappa shape index (κ2) is 29.4. The van der Waals surface area contributed by atoms with Gasteiger partial charge in [-0.3, -0.25) is 9.97 Å². The first-order chi connectivity index (χ1) is 40.7. The minimum atomic E-state index is -3.87. The van der Waals surface area contributed by atoms with Gasteiger partial charge in [-0.15, -0.1) is 22.7 Å². The number of nitrogens with zero attached hydrogens (tertiary/aromatic N) is 6. The molecule has 0 amide bonds. The van der Waals surface area contributed by atoms with Crippen molar-refractivity contribution in [3.8, 4) is 51.1 Å². The molecule has 2 N–H and O–H groups in total. The third-order valence-corrected chi connectivity index (χ3v) is 18.1. The highest BCUT2D eigenvalue weighted by Gasteiger charge is 2.28. The molecule has 0 fully saturated rings. The first-order valence-electron chi connectivity index (χ1n) is 25.0. The standard InChI is InChI=1S/C25H19N3O3S2.C21H18ClN3O3S2.C7H7BClO3.C6H6BO2/c1-31-23-14-17(19-3-2-9-26-15-19)4-6-22(23)25-21-7-5-20(13-18(21)8-10-28-25)33(29,30)16-24-27-11-12-32-24;1-14-11-17(28-2)4-3-16(14)13-25(21-24-9-10-29-21)30(26,27)18-5-6-19-15(12-18)7-8-23-20(19)22;1-11-7-4-5(9)2-3-6(7)12-8-10;8-7-9-6-4-2-1-3-5-6/h2-15H,16H2,1H3;3-12H,13H2,1-2H3;2-4,10H,1H3;1-5,8H. The predicted octanol–water partition coefficient (Wildman–Crippen LogP) is 12.3. The Bertz CT molecular complexity index is 4190. The lowest BCUT2D eigenvalue weighted by Gasteiger charge is -2.23. The molecule has 0 aliphatic carbocycles. The maximum absolute atomic E-state index is 13.6. The summed E-state index contributed by atoms with van der Waals surface area (Å²) in [4.78, 5) is 21.6. The summed E-state index contributed by atoms with van der Waals surface area (Å²) in [7, 11) is -1.41. The van der Waals surface area contributed by atoms with Crippen molar-refractivity contribution < 1.29 is 50.4 Å². The van der Waals surface area contributed by atoms with Gasteiger partial charge in [-0.05, 0) is 131 Å². The molecule has 426 valence electrons. The number of methoxy groups -OCH3 is 3. The normalized spacial score (nSPS) is 10.9. The van der Waals surface area contributed by atoms with Crippen LogP contribution in [-0.4, -0.2) is 88.5 Å². The number of rotatable bonds is 17. The van der Waals surface area contributed by atoms with E-state index in [1.807, 2.05) is 79.7 Å². The summed E-state index contributed by atoms with van der Waals surface area (Å²) in [5.74, 6) is 2.83. The minimum Gasteiger partial charge on any atom is -0.537 e. The monoisotopic (exact) mass is 1240 g/mol. The van der Waals surface area contributed by atoms with E-state index in [2.05, 4.69) is 29.6 Å². The number of pyridine rings is 3. The number of anilines is 1. The fourth-order valence-electron chi connectivity index (χ4n) is 8.22. The number of aryl methyl sites for hydroxylation is 1. The average molecular weight is 1240 g/mol. The maximum Gasteiger partial charge on any atom is 0.569 e. The van der Waals surface area contributed by atoms with Crippen molar-refractivity contribution in [1.29, 1.82) is 0 Å². The Hall–Kier alpha value is -8.12. The minimum absolute atomic E-state index is 0.113. The molecule has 11 aromatic rings. The zero-order valence-electron chi connectivity index (χ0n) is 45.2. The number of hydrogen-bond acceptors (Lipinski definition) is 18. The second-order valence-corrected chi connectivity index (χ2v) is 24.0. The van der Waals surface area contributed by atoms with Crippen LogP contribution in [0.3, 0.4) is 0 Å². The molecule has 0 saturated heterocycles. The molecule has 0 atom stereocenters. The molecule has 0 bridgehead atoms. The Morgan fingerprint density at radius 3 is 1.98 bits per heavy atom. The van der Waals surface area contributed by atoms with Crippen molar-refractivity contribution in [2.45, 2.75) is 29.0 Å². The van der Waals surface area contributed by atoms with Gasteiger partial charge < -0.3 is 33.6 Å². The Balaban J connectivity index is 0.000000164. The van der Waals surface area contributed by atoms with E-state index in [-0.39, 0.29) is 22.1 Å². The summed E-state index contributed by atoms with van der Waals surface area (Å²) in [6.45, 7) is 2.08. The second-order valence-electron chi connectivity index (χ2n) is 17.5. The predicted molar refractivity (Wildman–Crippen MR) is 332 cm³/mol. The maximum atomic E-state index is 13.6. The molecule has 5 heterocycles. The summed E-state index contributed by atoms with van der Waals surface area (Å²) < 4.78 is 79.6. The van der Waals surface area contributed by atoms with E-state index in [1.165, 1.54) is 34.1 Å². The van der Waals surface area contributed by atoms with Crippen molar-refractivity contribution in [2.24, 2.45) is 0 Å². The highest BCUT2D eigenvalue weighted by atomic mass is 35.5. The molecule has 0 spiro atoms. The SMILES string of the molecule is COc1cc(-c2cccnc2)ccc1-c1nccc2cc(S(=O)(=O)Cc3nccs3)ccc12.COc1cc(Cl)ccc1O[B]O.COc1ccc(CN(c2nccs2)S(=O)(=O)c2ccc3c(Cl)nccc3c2)c(C)c1.O[B]Oc1ccccc1. The number of hydrogen-bond donors (Lipinski definition) is 2. The lowest BCUT2D eigenvalue weighted by Crippen LogP contribution is -2.30. The number of thiazole rings is 2. The largest absolute Gasteiger partial charge is 0.569 e. The number of benzene rings is 6. The van der Waals surface area contributed by atoms with Gasteiger partial charge in [-0.1, -0.05) is 65.7 Å². The molecule has 17 nitrogen and oxygen atoms in total. The smallest absolute Gasteiger partial charge is 0.537 e. The van der Waals surface area contributed by atoms with Crippen LogP contribution in [0.1, 0.15) is 16.1 Å². The number of sulfonamides is 1. The molecule has 2 radical (unpaired) electrons. The number of sulfone groups is 1.